The first kappa shape index (κ1) is 47.5. The van der Waals surface area contributed by atoms with Crippen molar-refractivity contribution < 1.29 is 38.6 Å². The van der Waals surface area contributed by atoms with Gasteiger partial charge in [-0.2, -0.15) is 5.26 Å². The summed E-state index contributed by atoms with van der Waals surface area (Å²) in [6.07, 6.45) is -0.480. The van der Waals surface area contributed by atoms with Crippen LogP contribution >= 0.6 is 0 Å². The van der Waals surface area contributed by atoms with E-state index in [0.717, 1.165) is 0 Å². The number of benzene rings is 3. The van der Waals surface area contributed by atoms with Crippen LogP contribution in [-0.2, 0) is 25.6 Å². The Labute approximate surface area is 367 Å². The van der Waals surface area contributed by atoms with Crippen molar-refractivity contribution >= 4 is 29.2 Å². The molecule has 5 rings (SSSR count). The van der Waals surface area contributed by atoms with Crippen molar-refractivity contribution in [3.05, 3.63) is 88.7 Å². The fraction of sp³-hybridized carbons (Fsp3) is 0.404. The SMILES string of the molecule is Cc1nc(-c2ccc(O)cc2)nc(C)c1C(=O)C[C@@H](CCN)C(=O)N(C)[C@@H]1C(=O)C[C@@H](C)C(=O)N[C@H](C(=O)CCC#N)Cc2ccc(OCCN)c(c2)-c2cc1ccc2OCCN. The van der Waals surface area contributed by atoms with Gasteiger partial charge in [0.25, 0.3) is 0 Å². The van der Waals surface area contributed by atoms with E-state index < -0.39 is 41.5 Å². The fourth-order valence-corrected chi connectivity index (χ4v) is 7.83. The molecule has 0 spiro atoms. The van der Waals surface area contributed by atoms with Gasteiger partial charge in [-0.3, -0.25) is 24.0 Å². The number of aryl methyl sites for hydroxylation is 2. The number of amides is 2. The average molecular weight is 861 g/mol. The molecule has 4 aromatic rings. The molecular formula is C47H56N8O8. The minimum Gasteiger partial charge on any atom is -0.508 e. The van der Waals surface area contributed by atoms with Crippen molar-refractivity contribution in [2.75, 3.05) is 39.9 Å². The van der Waals surface area contributed by atoms with Crippen LogP contribution in [0.1, 0.15) is 77.9 Å². The Balaban J connectivity index is 1.59. The Bertz CT molecular complexity index is 2340. The molecule has 63 heavy (non-hydrogen) atoms. The van der Waals surface area contributed by atoms with Crippen LogP contribution in [0.5, 0.6) is 17.2 Å². The van der Waals surface area contributed by atoms with Crippen molar-refractivity contribution in [1.82, 2.24) is 20.2 Å². The molecule has 4 atom stereocenters. The second-order valence-corrected chi connectivity index (χ2v) is 15.7. The number of carbonyl (C=O) groups excluding carboxylic acids is 5. The number of aromatic hydroxyl groups is 1. The maximum Gasteiger partial charge on any atom is 0.226 e. The lowest BCUT2D eigenvalue weighted by atomic mass is 9.88. The number of aromatic nitrogens is 2. The summed E-state index contributed by atoms with van der Waals surface area (Å²) in [5.74, 6) is -2.86. The van der Waals surface area contributed by atoms with E-state index in [2.05, 4.69) is 15.3 Å². The molecule has 0 saturated carbocycles. The van der Waals surface area contributed by atoms with Gasteiger partial charge in [-0.05, 0) is 92.9 Å². The molecule has 4 bridgehead atoms. The largest absolute Gasteiger partial charge is 0.508 e. The third kappa shape index (κ3) is 11.7. The fourth-order valence-electron chi connectivity index (χ4n) is 7.83. The number of ether oxygens (including phenoxy) is 2. The van der Waals surface area contributed by atoms with Gasteiger partial charge in [0, 0.05) is 74.3 Å². The van der Waals surface area contributed by atoms with Crippen LogP contribution in [0.4, 0.5) is 0 Å². The molecule has 1 aliphatic rings. The van der Waals surface area contributed by atoms with Crippen LogP contribution in [0.25, 0.3) is 22.5 Å². The number of likely N-dealkylation sites (N-methyl/N-ethyl adjacent to an activating group) is 1. The van der Waals surface area contributed by atoms with Gasteiger partial charge in [0.2, 0.25) is 11.8 Å². The number of carbonyl (C=O) groups is 5. The molecule has 1 aromatic heterocycles. The first-order valence-electron chi connectivity index (χ1n) is 21.0. The zero-order valence-electron chi connectivity index (χ0n) is 36.2. The van der Waals surface area contributed by atoms with Crippen molar-refractivity contribution in [2.24, 2.45) is 29.0 Å². The summed E-state index contributed by atoms with van der Waals surface area (Å²) in [6, 6.07) is 16.5. The molecule has 2 heterocycles. The van der Waals surface area contributed by atoms with Gasteiger partial charge in [0.1, 0.15) is 36.5 Å². The summed E-state index contributed by atoms with van der Waals surface area (Å²) in [4.78, 5) is 81.2. The third-order valence-corrected chi connectivity index (χ3v) is 11.0. The molecule has 332 valence electrons. The van der Waals surface area contributed by atoms with Crippen molar-refractivity contribution in [3.63, 3.8) is 0 Å². The number of phenols is 1. The molecule has 1 aliphatic heterocycles. The summed E-state index contributed by atoms with van der Waals surface area (Å²) in [5.41, 5.74) is 21.6. The van der Waals surface area contributed by atoms with E-state index in [4.69, 9.17) is 26.7 Å². The zero-order valence-corrected chi connectivity index (χ0v) is 36.2. The lowest BCUT2D eigenvalue weighted by molar-refractivity contribution is -0.142. The number of nitrogens with two attached hydrogens (primary N) is 3. The van der Waals surface area contributed by atoms with E-state index in [1.165, 1.54) is 24.1 Å². The number of ketones is 3. The van der Waals surface area contributed by atoms with Crippen LogP contribution in [0.2, 0.25) is 0 Å². The molecule has 8 N–H and O–H groups in total. The highest BCUT2D eigenvalue weighted by atomic mass is 16.5. The molecule has 16 nitrogen and oxygen atoms in total. The first-order chi connectivity index (χ1) is 30.2. The van der Waals surface area contributed by atoms with Gasteiger partial charge in [-0.1, -0.05) is 19.1 Å². The standard InChI is InChI=1S/C47H56N8O8/c1-27-22-40(59)44(55(4)47(61)33(15-17-49)26-39(58)43-28(2)52-45(53-29(43)3)31-8-11-34(56)12-9-31)32-10-14-42(63-21-19-51)36(25-32)35-23-30(7-13-41(35)62-20-18-50)24-37(54-46(27)60)38(57)6-5-16-48/h7-14,23,25,27,33,37,44,56H,5-6,15,17-22,24,26,49-51H2,1-4H3,(H,54,60)/t27-,33-,37+,44+/m1/s1. The molecule has 0 fully saturated rings. The monoisotopic (exact) mass is 860 g/mol. The lowest BCUT2D eigenvalue weighted by Crippen LogP contribution is -2.46. The highest BCUT2D eigenvalue weighted by Crippen LogP contribution is 2.41. The quantitative estimate of drug-likeness (QED) is 0.0938. The van der Waals surface area contributed by atoms with Crippen molar-refractivity contribution in [2.45, 2.75) is 71.4 Å². The van der Waals surface area contributed by atoms with Crippen molar-refractivity contribution in [3.8, 4) is 45.8 Å². The summed E-state index contributed by atoms with van der Waals surface area (Å²) < 4.78 is 12.2. The molecule has 0 unspecified atom stereocenters. The van der Waals surface area contributed by atoms with Crippen LogP contribution in [-0.4, -0.2) is 95.1 Å². The topological polar surface area (TPSA) is 267 Å². The summed E-state index contributed by atoms with van der Waals surface area (Å²) in [5, 5.41) is 21.8. The Morgan fingerprint density at radius 2 is 1.52 bits per heavy atom. The first-order valence-corrected chi connectivity index (χ1v) is 21.0. The van der Waals surface area contributed by atoms with Gasteiger partial charge in [0.15, 0.2) is 23.2 Å². The Hall–Kier alpha value is -6.54. The molecule has 0 aliphatic carbocycles. The minimum atomic E-state index is -1.26. The normalized spacial score (nSPS) is 16.8. The predicted octanol–water partition coefficient (Wildman–Crippen LogP) is 4.05. The lowest BCUT2D eigenvalue weighted by Gasteiger charge is -2.32. The highest BCUT2D eigenvalue weighted by Gasteiger charge is 2.36. The van der Waals surface area contributed by atoms with E-state index in [0.29, 0.717) is 56.5 Å². The predicted molar refractivity (Wildman–Crippen MR) is 235 cm³/mol. The van der Waals surface area contributed by atoms with Crippen LogP contribution in [0, 0.1) is 37.0 Å². The van der Waals surface area contributed by atoms with Gasteiger partial charge >= 0.3 is 0 Å². The van der Waals surface area contributed by atoms with E-state index in [9.17, 15) is 34.3 Å². The molecule has 0 radical (unpaired) electrons. The molecule has 2 amide bonds. The minimum absolute atomic E-state index is 0.0376. The summed E-state index contributed by atoms with van der Waals surface area (Å²) in [7, 11) is 1.48. The number of rotatable bonds is 17. The Morgan fingerprint density at radius 1 is 0.905 bits per heavy atom. The van der Waals surface area contributed by atoms with Crippen LogP contribution in [0.15, 0.2) is 60.7 Å². The average Bonchev–Trinajstić information content (AvgIpc) is 3.26. The number of hydrogen-bond donors (Lipinski definition) is 5. The van der Waals surface area contributed by atoms with Crippen molar-refractivity contribution in [1.29, 1.82) is 5.26 Å². The van der Waals surface area contributed by atoms with E-state index in [-0.39, 0.29) is 94.3 Å². The van der Waals surface area contributed by atoms with Crippen LogP contribution in [0.3, 0.4) is 0 Å². The number of nitriles is 1. The van der Waals surface area contributed by atoms with Gasteiger partial charge in [-0.15, -0.1) is 0 Å². The maximum absolute atomic E-state index is 14.7. The number of Topliss-reactive ketones (excluding diaryl/α,β-unsaturated/α-hetero) is 3. The number of hydrogen-bond acceptors (Lipinski definition) is 14. The number of nitrogens with zero attached hydrogens (tertiary/aromatic N) is 4. The number of fused-ring (bicyclic) bond motifs is 5. The second-order valence-electron chi connectivity index (χ2n) is 15.7. The van der Waals surface area contributed by atoms with E-state index in [1.807, 2.05) is 12.1 Å². The third-order valence-electron chi connectivity index (χ3n) is 11.0. The smallest absolute Gasteiger partial charge is 0.226 e. The van der Waals surface area contributed by atoms with Gasteiger partial charge < -0.3 is 42.0 Å². The van der Waals surface area contributed by atoms with Gasteiger partial charge in [0.05, 0.1) is 29.1 Å². The Morgan fingerprint density at radius 3 is 2.13 bits per heavy atom. The molecular weight excluding hydrogens is 805 g/mol. The molecule has 16 heteroatoms. The highest BCUT2D eigenvalue weighted by molar-refractivity contribution is 6.01. The van der Waals surface area contributed by atoms with E-state index in [1.54, 1.807) is 63.2 Å². The summed E-state index contributed by atoms with van der Waals surface area (Å²) in [6.45, 7) is 5.75. The second kappa shape index (κ2) is 22.0. The maximum atomic E-state index is 14.7. The number of phenolic OH excluding ortho intramolecular Hbond substituents is 1. The summed E-state index contributed by atoms with van der Waals surface area (Å²) >= 11 is 0. The van der Waals surface area contributed by atoms with Gasteiger partial charge in [-0.25, -0.2) is 9.97 Å². The molecule has 3 aromatic carbocycles. The van der Waals surface area contributed by atoms with E-state index >= 15 is 0 Å². The molecule has 0 saturated heterocycles. The zero-order chi connectivity index (χ0) is 45.8. The number of nitrogens with one attached hydrogen (secondary N) is 1. The van der Waals surface area contributed by atoms with Crippen LogP contribution < -0.4 is 32.0 Å². The Kier molecular flexibility index (Phi) is 16.6.